The maximum Gasteiger partial charge on any atom is 0.410 e. The van der Waals surface area contributed by atoms with Crippen LogP contribution in [0.15, 0.2) is 36.7 Å². The van der Waals surface area contributed by atoms with Crippen LogP contribution in [0, 0.1) is 0 Å². The van der Waals surface area contributed by atoms with Crippen molar-refractivity contribution in [2.45, 2.75) is 25.9 Å². The highest BCUT2D eigenvalue weighted by Crippen LogP contribution is 2.13. The first-order valence-electron chi connectivity index (χ1n) is 7.29. The Morgan fingerprint density at radius 1 is 1.24 bits per heavy atom. The molecule has 0 saturated carbocycles. The lowest BCUT2D eigenvalue weighted by Crippen LogP contribution is -2.35. The average Bonchev–Trinajstić information content (AvgIpc) is 2.92. The summed E-state index contributed by atoms with van der Waals surface area (Å²) in [4.78, 5) is 21.4. The number of nitrogens with zero attached hydrogens (tertiary/aromatic N) is 2. The molecule has 0 bridgehead atoms. The Labute approximate surface area is 124 Å². The first kappa shape index (κ1) is 13.7. The molecule has 0 radical (unpaired) electrons. The zero-order valence-corrected chi connectivity index (χ0v) is 11.9. The number of amides is 1. The molecule has 1 aromatic carbocycles. The molecule has 0 fully saturated rings. The van der Waals surface area contributed by atoms with Crippen LogP contribution in [0.2, 0.25) is 0 Å². The van der Waals surface area contributed by atoms with Gasteiger partial charge in [-0.3, -0.25) is 0 Å². The monoisotopic (exact) mass is 285 g/mol. The van der Waals surface area contributed by atoms with Crippen LogP contribution in [0.25, 0.3) is 0 Å². The van der Waals surface area contributed by atoms with Crippen molar-refractivity contribution >= 4 is 6.09 Å². The average molecular weight is 285 g/mol. The van der Waals surface area contributed by atoms with Crippen molar-refractivity contribution in [3.05, 3.63) is 53.6 Å². The molecule has 2 aromatic rings. The highest BCUT2D eigenvalue weighted by atomic mass is 16.6. The van der Waals surface area contributed by atoms with Gasteiger partial charge >= 0.3 is 6.09 Å². The number of imidazole rings is 1. The number of benzene rings is 1. The van der Waals surface area contributed by atoms with E-state index in [2.05, 4.69) is 9.97 Å². The Bertz CT molecular complexity index is 595. The molecule has 0 saturated heterocycles. The summed E-state index contributed by atoms with van der Waals surface area (Å²) in [5.41, 5.74) is 3.27. The van der Waals surface area contributed by atoms with E-state index in [4.69, 9.17) is 4.74 Å². The van der Waals surface area contributed by atoms with E-state index < -0.39 is 0 Å². The third-order valence-electron chi connectivity index (χ3n) is 3.74. The quantitative estimate of drug-likeness (QED) is 0.922. The van der Waals surface area contributed by atoms with Gasteiger partial charge in [-0.1, -0.05) is 30.3 Å². The van der Waals surface area contributed by atoms with E-state index in [0.717, 1.165) is 37.1 Å². The van der Waals surface area contributed by atoms with Gasteiger partial charge in [0.15, 0.2) is 0 Å². The number of rotatable bonds is 2. The third-order valence-corrected chi connectivity index (χ3v) is 3.74. The lowest BCUT2D eigenvalue weighted by molar-refractivity contribution is 0.0954. The molecule has 1 aliphatic rings. The second kappa shape index (κ2) is 6.43. The third kappa shape index (κ3) is 3.42. The molecular formula is C16H19N3O2. The lowest BCUT2D eigenvalue weighted by Gasteiger charge is -2.23. The van der Waals surface area contributed by atoms with Gasteiger partial charge in [0.05, 0.1) is 12.0 Å². The summed E-state index contributed by atoms with van der Waals surface area (Å²) >= 11 is 0. The topological polar surface area (TPSA) is 58.2 Å². The van der Waals surface area contributed by atoms with E-state index in [1.807, 2.05) is 30.3 Å². The Kier molecular flexibility index (Phi) is 4.19. The van der Waals surface area contributed by atoms with Crippen LogP contribution in [-0.4, -0.2) is 34.1 Å². The van der Waals surface area contributed by atoms with Crippen LogP contribution >= 0.6 is 0 Å². The minimum absolute atomic E-state index is 0.238. The minimum atomic E-state index is -0.238. The molecule has 0 unspecified atom stereocenters. The van der Waals surface area contributed by atoms with Crippen molar-refractivity contribution in [3.63, 3.8) is 0 Å². The van der Waals surface area contributed by atoms with E-state index >= 15 is 0 Å². The van der Waals surface area contributed by atoms with Crippen molar-refractivity contribution in [2.75, 3.05) is 13.1 Å². The maximum absolute atomic E-state index is 12.2. The number of aromatic amines is 1. The summed E-state index contributed by atoms with van der Waals surface area (Å²) in [5.74, 6) is 0. The second-order valence-corrected chi connectivity index (χ2v) is 5.21. The van der Waals surface area contributed by atoms with Gasteiger partial charge in [-0.15, -0.1) is 0 Å². The van der Waals surface area contributed by atoms with Gasteiger partial charge in [-0.2, -0.15) is 0 Å². The molecule has 5 heteroatoms. The molecule has 1 aromatic heterocycles. The Morgan fingerprint density at radius 3 is 2.95 bits per heavy atom. The number of aryl methyl sites for hydroxylation is 1. The number of hydrogen-bond donors (Lipinski definition) is 1. The Morgan fingerprint density at radius 2 is 2.10 bits per heavy atom. The number of fused-ring (bicyclic) bond motifs is 1. The summed E-state index contributed by atoms with van der Waals surface area (Å²) in [5, 5.41) is 0. The van der Waals surface area contributed by atoms with Crippen LogP contribution in [0.4, 0.5) is 4.79 Å². The number of aromatic nitrogens is 2. The highest BCUT2D eigenvalue weighted by molar-refractivity contribution is 5.67. The predicted octanol–water partition coefficient (Wildman–Crippen LogP) is 2.54. The number of carbonyl (C=O) groups is 1. The van der Waals surface area contributed by atoms with Crippen molar-refractivity contribution in [1.29, 1.82) is 0 Å². The zero-order valence-electron chi connectivity index (χ0n) is 11.9. The molecule has 2 heterocycles. The first-order valence-corrected chi connectivity index (χ1v) is 7.29. The molecular weight excluding hydrogens is 266 g/mol. The van der Waals surface area contributed by atoms with Crippen molar-refractivity contribution in [1.82, 2.24) is 14.9 Å². The molecule has 1 amide bonds. The van der Waals surface area contributed by atoms with E-state index in [9.17, 15) is 4.79 Å². The number of H-pyrrole nitrogens is 1. The van der Waals surface area contributed by atoms with Gasteiger partial charge in [0, 0.05) is 25.2 Å². The Balaban J connectivity index is 1.55. The SMILES string of the molecule is O=C(OCc1ccccc1)N1CCCc2[nH]cnc2CC1. The zero-order chi connectivity index (χ0) is 14.5. The molecule has 5 nitrogen and oxygen atoms in total. The number of carbonyl (C=O) groups excluding carboxylic acids is 1. The number of hydrogen-bond acceptors (Lipinski definition) is 3. The van der Waals surface area contributed by atoms with Gasteiger partial charge in [0.1, 0.15) is 6.61 Å². The van der Waals surface area contributed by atoms with Gasteiger partial charge in [0.25, 0.3) is 0 Å². The summed E-state index contributed by atoms with van der Waals surface area (Å²) in [6.07, 6.45) is 4.12. The van der Waals surface area contributed by atoms with Gasteiger partial charge < -0.3 is 14.6 Å². The fourth-order valence-electron chi connectivity index (χ4n) is 2.57. The summed E-state index contributed by atoms with van der Waals surface area (Å²) in [7, 11) is 0. The Hall–Kier alpha value is -2.30. The molecule has 0 spiro atoms. The molecule has 3 rings (SSSR count). The van der Waals surface area contributed by atoms with E-state index in [1.165, 1.54) is 5.69 Å². The van der Waals surface area contributed by atoms with Crippen LogP contribution in [0.3, 0.4) is 0 Å². The van der Waals surface area contributed by atoms with Crippen molar-refractivity contribution in [3.8, 4) is 0 Å². The summed E-state index contributed by atoms with van der Waals surface area (Å²) in [6.45, 7) is 1.71. The number of ether oxygens (including phenoxy) is 1. The fraction of sp³-hybridized carbons (Fsp3) is 0.375. The van der Waals surface area contributed by atoms with Gasteiger partial charge in [0.2, 0.25) is 0 Å². The number of nitrogens with one attached hydrogen (secondary N) is 1. The molecule has 0 atom stereocenters. The summed E-state index contributed by atoms with van der Waals surface area (Å²) in [6, 6.07) is 9.75. The van der Waals surface area contributed by atoms with Gasteiger partial charge in [-0.25, -0.2) is 9.78 Å². The van der Waals surface area contributed by atoms with Crippen LogP contribution in [0.1, 0.15) is 23.4 Å². The van der Waals surface area contributed by atoms with E-state index in [1.54, 1.807) is 11.2 Å². The molecule has 1 N–H and O–H groups in total. The van der Waals surface area contributed by atoms with Crippen LogP contribution < -0.4 is 0 Å². The minimum Gasteiger partial charge on any atom is -0.445 e. The molecule has 1 aliphatic heterocycles. The van der Waals surface area contributed by atoms with Crippen LogP contribution in [-0.2, 0) is 24.2 Å². The van der Waals surface area contributed by atoms with Crippen molar-refractivity contribution in [2.24, 2.45) is 0 Å². The lowest BCUT2D eigenvalue weighted by atomic mass is 10.1. The second-order valence-electron chi connectivity index (χ2n) is 5.21. The normalized spacial score (nSPS) is 15.0. The highest BCUT2D eigenvalue weighted by Gasteiger charge is 2.19. The largest absolute Gasteiger partial charge is 0.445 e. The first-order chi connectivity index (χ1) is 10.3. The van der Waals surface area contributed by atoms with Crippen molar-refractivity contribution < 1.29 is 9.53 Å². The molecule has 21 heavy (non-hydrogen) atoms. The smallest absolute Gasteiger partial charge is 0.410 e. The summed E-state index contributed by atoms with van der Waals surface area (Å²) < 4.78 is 5.39. The molecule has 110 valence electrons. The van der Waals surface area contributed by atoms with Crippen LogP contribution in [0.5, 0.6) is 0 Å². The van der Waals surface area contributed by atoms with Gasteiger partial charge in [-0.05, 0) is 18.4 Å². The fourth-order valence-corrected chi connectivity index (χ4v) is 2.57. The van der Waals surface area contributed by atoms with E-state index in [-0.39, 0.29) is 6.09 Å². The predicted molar refractivity (Wildman–Crippen MR) is 78.8 cm³/mol. The standard InChI is InChI=1S/C16H19N3O2/c20-16(21-11-13-5-2-1-3-6-13)19-9-4-7-14-15(8-10-19)18-12-17-14/h1-3,5-6,12H,4,7-11H2,(H,17,18). The van der Waals surface area contributed by atoms with E-state index in [0.29, 0.717) is 13.2 Å². The maximum atomic E-state index is 12.2. The molecule has 0 aliphatic carbocycles.